The van der Waals surface area contributed by atoms with E-state index < -0.39 is 11.5 Å². The third kappa shape index (κ3) is 6.24. The maximum atomic E-state index is 12.4. The van der Waals surface area contributed by atoms with Gasteiger partial charge in [-0.3, -0.25) is 15.6 Å². The second kappa shape index (κ2) is 9.58. The van der Waals surface area contributed by atoms with Gasteiger partial charge >= 0.3 is 0 Å². The van der Waals surface area contributed by atoms with Crippen LogP contribution < -0.4 is 10.9 Å². The average Bonchev–Trinajstić information content (AvgIpc) is 2.56. The zero-order valence-corrected chi connectivity index (χ0v) is 14.7. The van der Waals surface area contributed by atoms with E-state index in [2.05, 4.69) is 17.4 Å². The zero-order chi connectivity index (χ0) is 17.3. The Labute approximate surface area is 143 Å². The Morgan fingerprint density at radius 2 is 1.65 bits per heavy atom. The van der Waals surface area contributed by atoms with Gasteiger partial charge in [-0.05, 0) is 30.5 Å². The molecule has 3 N–H and O–H groups in total. The first-order chi connectivity index (χ1) is 10.9. The number of rotatable bonds is 10. The standard InChI is InChI=1S/C18H27ClN2O2/c1-4-6-12-18(23,13-7-5-2)17(22)21-20-14(3)15-8-10-16(19)11-9-15/h8-11,20,23H,3-7,12-13H2,1-2H3,(H,21,22). The lowest BCUT2D eigenvalue weighted by Crippen LogP contribution is -2.51. The summed E-state index contributed by atoms with van der Waals surface area (Å²) in [5.74, 6) is -0.408. The monoisotopic (exact) mass is 338 g/mol. The predicted molar refractivity (Wildman–Crippen MR) is 95.8 cm³/mol. The molecule has 0 heterocycles. The van der Waals surface area contributed by atoms with Crippen LogP contribution in [0, 0.1) is 0 Å². The summed E-state index contributed by atoms with van der Waals surface area (Å²) in [6, 6.07) is 7.13. The molecule has 0 aliphatic rings. The quantitative estimate of drug-likeness (QED) is 0.564. The Morgan fingerprint density at radius 3 is 2.13 bits per heavy atom. The van der Waals surface area contributed by atoms with E-state index in [0.29, 0.717) is 23.6 Å². The number of hydrogen-bond acceptors (Lipinski definition) is 3. The molecule has 0 saturated heterocycles. The number of hydrogen-bond donors (Lipinski definition) is 3. The molecule has 0 unspecified atom stereocenters. The van der Waals surface area contributed by atoms with Crippen LogP contribution in [-0.2, 0) is 4.79 Å². The number of hydrazine groups is 1. The van der Waals surface area contributed by atoms with Crippen LogP contribution in [0.2, 0.25) is 5.02 Å². The molecule has 0 saturated carbocycles. The molecule has 5 heteroatoms. The lowest BCUT2D eigenvalue weighted by molar-refractivity contribution is -0.142. The fourth-order valence-corrected chi connectivity index (χ4v) is 2.39. The molecule has 4 nitrogen and oxygen atoms in total. The molecular formula is C18H27ClN2O2. The maximum Gasteiger partial charge on any atom is 0.270 e. The molecule has 1 amide bonds. The predicted octanol–water partition coefficient (Wildman–Crippen LogP) is 4.04. The number of amides is 1. The molecular weight excluding hydrogens is 312 g/mol. The zero-order valence-electron chi connectivity index (χ0n) is 14.0. The van der Waals surface area contributed by atoms with Crippen molar-refractivity contribution >= 4 is 23.2 Å². The van der Waals surface area contributed by atoms with Crippen LogP contribution >= 0.6 is 11.6 Å². The lowest BCUT2D eigenvalue weighted by Gasteiger charge is -2.27. The van der Waals surface area contributed by atoms with Crippen LogP contribution in [0.5, 0.6) is 0 Å². The van der Waals surface area contributed by atoms with Crippen molar-refractivity contribution in [2.45, 2.75) is 58.0 Å². The number of nitrogens with one attached hydrogen (secondary N) is 2. The van der Waals surface area contributed by atoms with Crippen molar-refractivity contribution in [3.63, 3.8) is 0 Å². The van der Waals surface area contributed by atoms with Crippen molar-refractivity contribution in [3.8, 4) is 0 Å². The molecule has 0 aromatic heterocycles. The minimum absolute atomic E-state index is 0.408. The second-order valence-corrected chi connectivity index (χ2v) is 6.24. The number of halogens is 1. The largest absolute Gasteiger partial charge is 0.380 e. The fourth-order valence-electron chi connectivity index (χ4n) is 2.26. The van der Waals surface area contributed by atoms with Gasteiger partial charge < -0.3 is 5.11 Å². The normalized spacial score (nSPS) is 11.1. The van der Waals surface area contributed by atoms with E-state index in [9.17, 15) is 9.90 Å². The summed E-state index contributed by atoms with van der Waals surface area (Å²) >= 11 is 5.85. The number of carbonyl (C=O) groups is 1. The molecule has 1 aromatic rings. The summed E-state index contributed by atoms with van der Waals surface area (Å²) in [7, 11) is 0. The average molecular weight is 339 g/mol. The van der Waals surface area contributed by atoms with Crippen molar-refractivity contribution in [3.05, 3.63) is 41.4 Å². The fraction of sp³-hybridized carbons (Fsp3) is 0.500. The SMILES string of the molecule is C=C(NNC(=O)C(O)(CCCC)CCCC)c1ccc(Cl)cc1. The van der Waals surface area contributed by atoms with E-state index >= 15 is 0 Å². The van der Waals surface area contributed by atoms with Crippen LogP contribution in [0.15, 0.2) is 30.8 Å². The van der Waals surface area contributed by atoms with Gasteiger partial charge in [0.05, 0.1) is 5.70 Å². The van der Waals surface area contributed by atoms with Gasteiger partial charge in [0.25, 0.3) is 5.91 Å². The molecule has 0 radical (unpaired) electrons. The first-order valence-corrected chi connectivity index (χ1v) is 8.54. The van der Waals surface area contributed by atoms with Crippen LogP contribution in [0.25, 0.3) is 5.70 Å². The molecule has 0 atom stereocenters. The number of carbonyl (C=O) groups excluding carboxylic acids is 1. The van der Waals surface area contributed by atoms with Gasteiger partial charge in [0.1, 0.15) is 5.60 Å². The summed E-state index contributed by atoms with van der Waals surface area (Å²) in [6.45, 7) is 7.96. The van der Waals surface area contributed by atoms with Crippen molar-refractivity contribution in [2.24, 2.45) is 0 Å². The Kier molecular flexibility index (Phi) is 8.13. The Bertz CT molecular complexity index is 506. The summed E-state index contributed by atoms with van der Waals surface area (Å²) in [5, 5.41) is 11.3. The number of benzene rings is 1. The minimum atomic E-state index is -1.33. The van der Waals surface area contributed by atoms with E-state index in [1.807, 2.05) is 26.0 Å². The van der Waals surface area contributed by atoms with Gasteiger partial charge in [-0.2, -0.15) is 0 Å². The van der Waals surface area contributed by atoms with Gasteiger partial charge in [-0.1, -0.05) is 69.8 Å². The summed E-state index contributed by atoms with van der Waals surface area (Å²) in [5.41, 5.74) is 5.39. The third-order valence-corrected chi connectivity index (χ3v) is 4.08. The summed E-state index contributed by atoms with van der Waals surface area (Å²) in [4.78, 5) is 12.4. The first kappa shape index (κ1) is 19.5. The lowest BCUT2D eigenvalue weighted by atomic mass is 9.90. The molecule has 23 heavy (non-hydrogen) atoms. The smallest absolute Gasteiger partial charge is 0.270 e. The van der Waals surface area contributed by atoms with E-state index in [-0.39, 0.29) is 0 Å². The molecule has 0 fully saturated rings. The molecule has 0 spiro atoms. The number of aliphatic hydroxyl groups is 1. The third-order valence-electron chi connectivity index (χ3n) is 3.83. The highest BCUT2D eigenvalue weighted by Gasteiger charge is 2.34. The topological polar surface area (TPSA) is 61.4 Å². The Hall–Kier alpha value is -1.52. The van der Waals surface area contributed by atoms with Crippen LogP contribution in [0.3, 0.4) is 0 Å². The van der Waals surface area contributed by atoms with E-state index in [4.69, 9.17) is 11.6 Å². The van der Waals surface area contributed by atoms with Crippen molar-refractivity contribution in [2.75, 3.05) is 0 Å². The molecule has 1 rings (SSSR count). The highest BCUT2D eigenvalue weighted by Crippen LogP contribution is 2.22. The van der Waals surface area contributed by atoms with Crippen LogP contribution in [0.4, 0.5) is 0 Å². The Morgan fingerprint density at radius 1 is 1.13 bits per heavy atom. The molecule has 0 aliphatic carbocycles. The molecule has 0 aliphatic heterocycles. The molecule has 1 aromatic carbocycles. The first-order valence-electron chi connectivity index (χ1n) is 8.16. The van der Waals surface area contributed by atoms with Gasteiger partial charge in [-0.15, -0.1) is 0 Å². The van der Waals surface area contributed by atoms with Gasteiger partial charge in [0.15, 0.2) is 0 Å². The Balaban J connectivity index is 2.63. The van der Waals surface area contributed by atoms with E-state index in [0.717, 1.165) is 31.2 Å². The van der Waals surface area contributed by atoms with Crippen LogP contribution in [-0.4, -0.2) is 16.6 Å². The van der Waals surface area contributed by atoms with Gasteiger partial charge in [-0.25, -0.2) is 0 Å². The maximum absolute atomic E-state index is 12.4. The summed E-state index contributed by atoms with van der Waals surface area (Å²) < 4.78 is 0. The highest BCUT2D eigenvalue weighted by atomic mass is 35.5. The minimum Gasteiger partial charge on any atom is -0.380 e. The van der Waals surface area contributed by atoms with Gasteiger partial charge in [0, 0.05) is 5.02 Å². The van der Waals surface area contributed by atoms with Crippen molar-refractivity contribution < 1.29 is 9.90 Å². The van der Waals surface area contributed by atoms with E-state index in [1.165, 1.54) is 0 Å². The van der Waals surface area contributed by atoms with Crippen molar-refractivity contribution in [1.82, 2.24) is 10.9 Å². The second-order valence-electron chi connectivity index (χ2n) is 5.80. The molecule has 128 valence electrons. The van der Waals surface area contributed by atoms with Gasteiger partial charge in [0.2, 0.25) is 0 Å². The molecule has 0 bridgehead atoms. The van der Waals surface area contributed by atoms with E-state index in [1.54, 1.807) is 12.1 Å². The highest BCUT2D eigenvalue weighted by molar-refractivity contribution is 6.30. The van der Waals surface area contributed by atoms with Crippen molar-refractivity contribution in [1.29, 1.82) is 0 Å². The number of unbranched alkanes of at least 4 members (excludes halogenated alkanes) is 2. The summed E-state index contributed by atoms with van der Waals surface area (Å²) in [6.07, 6.45) is 4.42. The van der Waals surface area contributed by atoms with Crippen LogP contribution in [0.1, 0.15) is 57.9 Å².